The molecule has 0 fully saturated rings. The van der Waals surface area contributed by atoms with Gasteiger partial charge >= 0.3 is 5.69 Å². The molecule has 0 aliphatic carbocycles. The van der Waals surface area contributed by atoms with E-state index in [1.54, 1.807) is 31.4 Å². The first-order valence-electron chi connectivity index (χ1n) is 3.47. The Morgan fingerprint density at radius 3 is 1.80 bits per heavy atom. The minimum atomic E-state index is -4.94. The number of rotatable bonds is 1. The van der Waals surface area contributed by atoms with Gasteiger partial charge in [0.05, 0.1) is 7.11 Å². The number of halogens is 1. The second-order valence-corrected chi connectivity index (χ2v) is 2.93. The van der Waals surface area contributed by atoms with Gasteiger partial charge < -0.3 is 4.74 Å². The molecule has 0 aliphatic heterocycles. The first-order chi connectivity index (χ1) is 6.86. The number of hydrogen-bond donors (Lipinski definition) is 0. The molecular weight excluding hydrogens is 228 g/mol. The standard InChI is InChI=1S/C7H7N2O.ClHO4/c1-10-7-4-2-6(9-8)3-5-7;2-1(3,4)5/h2-5H,1H3;(H,2,3,4,5)/q+1;/p-1. The summed E-state index contributed by atoms with van der Waals surface area (Å²) in [5.41, 5.74) is 0.529. The molecule has 0 saturated carbocycles. The summed E-state index contributed by atoms with van der Waals surface area (Å²) in [6.07, 6.45) is 0. The van der Waals surface area contributed by atoms with E-state index in [4.69, 9.17) is 28.8 Å². The van der Waals surface area contributed by atoms with Crippen LogP contribution in [-0.2, 0) is 0 Å². The highest BCUT2D eigenvalue weighted by Crippen LogP contribution is 2.16. The maximum absolute atomic E-state index is 8.49. The van der Waals surface area contributed by atoms with Gasteiger partial charge in [-0.3, -0.25) is 0 Å². The molecule has 0 N–H and O–H groups in total. The fourth-order valence-corrected chi connectivity index (χ4v) is 0.649. The van der Waals surface area contributed by atoms with E-state index in [1.807, 2.05) is 0 Å². The van der Waals surface area contributed by atoms with Crippen molar-refractivity contribution in [3.8, 4) is 5.75 Å². The third-order valence-electron chi connectivity index (χ3n) is 1.19. The van der Waals surface area contributed by atoms with E-state index in [2.05, 4.69) is 4.98 Å². The SMILES string of the molecule is COc1ccc([N+]#N)cc1.[O-][Cl+3]([O-])([O-])[O-]. The molecule has 0 bridgehead atoms. The zero-order valence-corrected chi connectivity index (χ0v) is 8.38. The van der Waals surface area contributed by atoms with Gasteiger partial charge in [0.25, 0.3) is 0 Å². The molecule has 15 heavy (non-hydrogen) atoms. The number of diazo groups is 1. The molecule has 0 spiro atoms. The Kier molecular flexibility index (Phi) is 5.54. The molecule has 0 saturated heterocycles. The molecule has 82 valence electrons. The van der Waals surface area contributed by atoms with Crippen LogP contribution in [0.3, 0.4) is 0 Å². The van der Waals surface area contributed by atoms with Crippen molar-refractivity contribution in [3.63, 3.8) is 0 Å². The average molecular weight is 235 g/mol. The first kappa shape index (κ1) is 13.6. The van der Waals surface area contributed by atoms with Gasteiger partial charge in [-0.05, 0) is 12.1 Å². The van der Waals surface area contributed by atoms with Crippen LogP contribution in [0.4, 0.5) is 5.69 Å². The van der Waals surface area contributed by atoms with Gasteiger partial charge in [0.2, 0.25) is 5.39 Å². The maximum Gasteiger partial charge on any atom is 0.385 e. The largest absolute Gasteiger partial charge is 0.497 e. The quantitative estimate of drug-likeness (QED) is 0.491. The number of methoxy groups -OCH3 is 1. The van der Waals surface area contributed by atoms with Crippen molar-refractivity contribution >= 4 is 5.69 Å². The average Bonchev–Trinajstić information content (AvgIpc) is 2.15. The van der Waals surface area contributed by atoms with E-state index in [0.29, 0.717) is 5.69 Å². The normalized spacial score (nSPS) is 9.60. The molecular formula is C7H7ClN2O5. The van der Waals surface area contributed by atoms with Gasteiger partial charge in [0.1, 0.15) is 5.75 Å². The van der Waals surface area contributed by atoms with Gasteiger partial charge in [-0.15, -0.1) is 10.2 Å². The molecule has 1 aromatic rings. The minimum Gasteiger partial charge on any atom is -0.497 e. The molecule has 0 aliphatic rings. The fourth-order valence-electron chi connectivity index (χ4n) is 0.649. The van der Waals surface area contributed by atoms with Crippen molar-refractivity contribution in [2.75, 3.05) is 7.11 Å². The van der Waals surface area contributed by atoms with Crippen LogP contribution in [0.5, 0.6) is 5.75 Å². The monoisotopic (exact) mass is 234 g/mol. The van der Waals surface area contributed by atoms with Gasteiger partial charge in [-0.25, -0.2) is 18.6 Å². The van der Waals surface area contributed by atoms with Crippen molar-refractivity contribution in [1.29, 1.82) is 5.39 Å². The number of ether oxygens (including phenoxy) is 1. The zero-order chi connectivity index (χ0) is 11.9. The molecule has 1 aromatic carbocycles. The van der Waals surface area contributed by atoms with E-state index < -0.39 is 10.2 Å². The van der Waals surface area contributed by atoms with Crippen molar-refractivity contribution in [1.82, 2.24) is 0 Å². The number of nitrogens with zero attached hydrogens (tertiary/aromatic N) is 2. The van der Waals surface area contributed by atoms with Crippen molar-refractivity contribution in [3.05, 3.63) is 29.2 Å². The fraction of sp³-hybridized carbons (Fsp3) is 0.143. The molecule has 0 aromatic heterocycles. The molecule has 0 heterocycles. The highest BCUT2D eigenvalue weighted by molar-refractivity contribution is 5.46. The summed E-state index contributed by atoms with van der Waals surface area (Å²) in [5.74, 6) is 0.757. The van der Waals surface area contributed by atoms with Gasteiger partial charge in [0.15, 0.2) is 4.98 Å². The summed E-state index contributed by atoms with van der Waals surface area (Å²) in [6, 6.07) is 6.79. The number of benzene rings is 1. The third kappa shape index (κ3) is 8.89. The smallest absolute Gasteiger partial charge is 0.385 e. The second kappa shape index (κ2) is 6.13. The summed E-state index contributed by atoms with van der Waals surface area (Å²) in [5, 5.41) is 8.29. The Morgan fingerprint density at radius 1 is 1.13 bits per heavy atom. The van der Waals surface area contributed by atoms with Crippen LogP contribution >= 0.6 is 0 Å². The lowest BCUT2D eigenvalue weighted by molar-refractivity contribution is -2.00. The van der Waals surface area contributed by atoms with Crippen LogP contribution in [-0.4, -0.2) is 7.11 Å². The molecule has 8 heteroatoms. The highest BCUT2D eigenvalue weighted by Gasteiger charge is 2.01. The molecule has 0 radical (unpaired) electrons. The maximum atomic E-state index is 8.49. The molecule has 0 amide bonds. The molecule has 7 nitrogen and oxygen atoms in total. The van der Waals surface area contributed by atoms with Crippen LogP contribution in [0.1, 0.15) is 0 Å². The summed E-state index contributed by atoms with van der Waals surface area (Å²) >= 11 is 0. The van der Waals surface area contributed by atoms with Gasteiger partial charge in [-0.1, -0.05) is 0 Å². The minimum absolute atomic E-state index is 0.529. The molecule has 0 atom stereocenters. The van der Waals surface area contributed by atoms with Gasteiger partial charge in [0, 0.05) is 12.1 Å². The van der Waals surface area contributed by atoms with E-state index in [-0.39, 0.29) is 0 Å². The van der Waals surface area contributed by atoms with Crippen molar-refractivity contribution in [2.24, 2.45) is 0 Å². The van der Waals surface area contributed by atoms with Crippen LogP contribution in [0, 0.1) is 15.6 Å². The number of hydrogen-bond acceptors (Lipinski definition) is 6. The first-order valence-corrected chi connectivity index (χ1v) is 4.71. The van der Waals surface area contributed by atoms with Crippen LogP contribution in [0.2, 0.25) is 0 Å². The van der Waals surface area contributed by atoms with Crippen LogP contribution in [0.25, 0.3) is 4.98 Å². The lowest BCUT2D eigenvalue weighted by atomic mass is 10.3. The lowest BCUT2D eigenvalue weighted by Gasteiger charge is -2.17. The Hall–Kier alpha value is -1.43. The van der Waals surface area contributed by atoms with Crippen LogP contribution in [0.15, 0.2) is 24.3 Å². The third-order valence-corrected chi connectivity index (χ3v) is 1.19. The van der Waals surface area contributed by atoms with Gasteiger partial charge in [-0.2, -0.15) is 0 Å². The Labute approximate surface area is 87.5 Å². The van der Waals surface area contributed by atoms with Crippen molar-refractivity contribution < 1.29 is 33.6 Å². The van der Waals surface area contributed by atoms with E-state index in [0.717, 1.165) is 5.75 Å². The van der Waals surface area contributed by atoms with E-state index in [1.165, 1.54) is 0 Å². The summed E-state index contributed by atoms with van der Waals surface area (Å²) in [4.78, 5) is 2.99. The second-order valence-electron chi connectivity index (χ2n) is 2.18. The predicted molar refractivity (Wildman–Crippen MR) is 37.7 cm³/mol. The van der Waals surface area contributed by atoms with Crippen LogP contribution < -0.4 is 23.4 Å². The molecule has 0 unspecified atom stereocenters. The predicted octanol–water partition coefficient (Wildman–Crippen LogP) is -2.58. The summed E-state index contributed by atoms with van der Waals surface area (Å²) in [6.45, 7) is 0. The molecule has 1 rings (SSSR count). The lowest BCUT2D eigenvalue weighted by Crippen LogP contribution is -2.68. The Balaban J connectivity index is 0.000000336. The Bertz CT molecular complexity index is 323. The van der Waals surface area contributed by atoms with E-state index in [9.17, 15) is 0 Å². The Morgan fingerprint density at radius 2 is 1.53 bits per heavy atom. The summed E-state index contributed by atoms with van der Waals surface area (Å²) in [7, 11) is -3.36. The van der Waals surface area contributed by atoms with Crippen molar-refractivity contribution in [2.45, 2.75) is 0 Å². The van der Waals surface area contributed by atoms with E-state index >= 15 is 0 Å². The summed E-state index contributed by atoms with van der Waals surface area (Å²) < 4.78 is 38.9. The topological polar surface area (TPSA) is 130 Å². The highest BCUT2D eigenvalue weighted by atomic mass is 35.7. The zero-order valence-electron chi connectivity index (χ0n) is 7.62.